The fourth-order valence-corrected chi connectivity index (χ4v) is 1.76. The molecular formula is C8H9N5S. The predicted octanol–water partition coefficient (Wildman–Crippen LogP) is 1.24. The maximum Gasteiger partial charge on any atom is 0.213 e. The molecule has 0 atom stereocenters. The van der Waals surface area contributed by atoms with Gasteiger partial charge in [-0.15, -0.1) is 5.10 Å². The van der Waals surface area contributed by atoms with Gasteiger partial charge < -0.3 is 5.73 Å². The molecule has 0 bridgehead atoms. The standard InChI is InChI=1S/C8H9N5S/c1-5-11-8(13-12-5)14-6-2-3-10-7(9)4-6/h2-4H,1H3,(H2,9,10)(H,11,12,13). The molecule has 5 nitrogen and oxygen atoms in total. The first-order chi connectivity index (χ1) is 6.74. The van der Waals surface area contributed by atoms with Crippen molar-refractivity contribution >= 4 is 17.6 Å². The first-order valence-electron chi connectivity index (χ1n) is 4.02. The fraction of sp³-hybridized carbons (Fsp3) is 0.125. The molecule has 0 aliphatic heterocycles. The Morgan fingerprint density at radius 3 is 3.00 bits per heavy atom. The van der Waals surface area contributed by atoms with Crippen LogP contribution in [-0.4, -0.2) is 20.2 Å². The van der Waals surface area contributed by atoms with Gasteiger partial charge in [-0.1, -0.05) is 0 Å². The molecule has 0 saturated heterocycles. The van der Waals surface area contributed by atoms with Crippen molar-refractivity contribution < 1.29 is 0 Å². The predicted molar refractivity (Wildman–Crippen MR) is 53.9 cm³/mol. The van der Waals surface area contributed by atoms with Crippen LogP contribution >= 0.6 is 11.8 Å². The van der Waals surface area contributed by atoms with E-state index in [0.717, 1.165) is 10.7 Å². The number of nitrogen functional groups attached to an aromatic ring is 1. The molecule has 0 aromatic carbocycles. The van der Waals surface area contributed by atoms with Gasteiger partial charge in [0.05, 0.1) is 0 Å². The van der Waals surface area contributed by atoms with Crippen LogP contribution in [0.5, 0.6) is 0 Å². The van der Waals surface area contributed by atoms with Gasteiger partial charge in [0, 0.05) is 11.1 Å². The number of pyridine rings is 1. The summed E-state index contributed by atoms with van der Waals surface area (Å²) in [6, 6.07) is 3.66. The molecule has 0 aliphatic rings. The van der Waals surface area contributed by atoms with Crippen molar-refractivity contribution in [2.24, 2.45) is 0 Å². The average molecular weight is 207 g/mol. The quantitative estimate of drug-likeness (QED) is 0.774. The summed E-state index contributed by atoms with van der Waals surface area (Å²) < 4.78 is 0. The number of nitrogens with two attached hydrogens (primary N) is 1. The van der Waals surface area contributed by atoms with Crippen LogP contribution in [0.3, 0.4) is 0 Å². The van der Waals surface area contributed by atoms with Crippen molar-refractivity contribution in [3.05, 3.63) is 24.2 Å². The van der Waals surface area contributed by atoms with E-state index in [1.165, 1.54) is 11.8 Å². The van der Waals surface area contributed by atoms with Crippen molar-refractivity contribution in [1.82, 2.24) is 20.2 Å². The number of nitrogens with zero attached hydrogens (tertiary/aromatic N) is 3. The molecule has 0 spiro atoms. The number of H-pyrrole nitrogens is 1. The largest absolute Gasteiger partial charge is 0.384 e. The molecule has 14 heavy (non-hydrogen) atoms. The van der Waals surface area contributed by atoms with Gasteiger partial charge in [0.1, 0.15) is 11.6 Å². The van der Waals surface area contributed by atoms with Crippen molar-refractivity contribution in [1.29, 1.82) is 0 Å². The summed E-state index contributed by atoms with van der Waals surface area (Å²) in [4.78, 5) is 9.06. The van der Waals surface area contributed by atoms with Crippen LogP contribution in [0.4, 0.5) is 5.82 Å². The van der Waals surface area contributed by atoms with E-state index in [0.29, 0.717) is 11.0 Å². The lowest BCUT2D eigenvalue weighted by Gasteiger charge is -1.96. The second kappa shape index (κ2) is 3.67. The van der Waals surface area contributed by atoms with Gasteiger partial charge in [0.15, 0.2) is 0 Å². The number of hydrogen-bond acceptors (Lipinski definition) is 5. The van der Waals surface area contributed by atoms with Gasteiger partial charge in [-0.25, -0.2) is 9.97 Å². The first-order valence-corrected chi connectivity index (χ1v) is 4.84. The molecule has 0 unspecified atom stereocenters. The molecule has 72 valence electrons. The van der Waals surface area contributed by atoms with Gasteiger partial charge in [-0.2, -0.15) is 0 Å². The Labute approximate surface area is 85.2 Å². The second-order valence-corrected chi connectivity index (χ2v) is 3.76. The van der Waals surface area contributed by atoms with Crippen molar-refractivity contribution in [2.75, 3.05) is 5.73 Å². The highest BCUT2D eigenvalue weighted by Gasteiger charge is 2.02. The minimum absolute atomic E-state index is 0.502. The minimum Gasteiger partial charge on any atom is -0.384 e. The molecule has 0 aliphatic carbocycles. The maximum atomic E-state index is 5.54. The van der Waals surface area contributed by atoms with Gasteiger partial charge >= 0.3 is 0 Å². The smallest absolute Gasteiger partial charge is 0.213 e. The van der Waals surface area contributed by atoms with E-state index in [9.17, 15) is 0 Å². The third-order valence-corrected chi connectivity index (χ3v) is 2.39. The minimum atomic E-state index is 0.502. The second-order valence-electron chi connectivity index (χ2n) is 2.72. The number of anilines is 1. The Hall–Kier alpha value is -1.56. The Morgan fingerprint density at radius 1 is 1.50 bits per heavy atom. The number of aryl methyl sites for hydroxylation is 1. The Bertz CT molecular complexity index is 439. The SMILES string of the molecule is Cc1nc(Sc2ccnc(N)c2)n[nH]1. The van der Waals surface area contributed by atoms with Crippen LogP contribution in [0.2, 0.25) is 0 Å². The van der Waals surface area contributed by atoms with Crippen molar-refractivity contribution in [3.8, 4) is 0 Å². The molecule has 6 heteroatoms. The number of aromatic amines is 1. The molecule has 2 aromatic rings. The number of aromatic nitrogens is 4. The molecule has 2 rings (SSSR count). The van der Waals surface area contributed by atoms with Crippen LogP contribution in [0, 0.1) is 6.92 Å². The number of rotatable bonds is 2. The Balaban J connectivity index is 2.18. The monoisotopic (exact) mass is 207 g/mol. The lowest BCUT2D eigenvalue weighted by atomic mass is 10.5. The number of hydrogen-bond donors (Lipinski definition) is 2. The lowest BCUT2D eigenvalue weighted by Crippen LogP contribution is -1.88. The normalized spacial score (nSPS) is 10.4. The molecule has 0 amide bonds. The third-order valence-electron chi connectivity index (χ3n) is 1.54. The van der Waals surface area contributed by atoms with E-state index in [-0.39, 0.29) is 0 Å². The molecule has 3 N–H and O–H groups in total. The average Bonchev–Trinajstić information content (AvgIpc) is 2.51. The van der Waals surface area contributed by atoms with Crippen LogP contribution in [-0.2, 0) is 0 Å². The van der Waals surface area contributed by atoms with Crippen LogP contribution in [0.1, 0.15) is 5.82 Å². The summed E-state index contributed by atoms with van der Waals surface area (Å²) in [5, 5.41) is 7.47. The summed E-state index contributed by atoms with van der Waals surface area (Å²) in [7, 11) is 0. The lowest BCUT2D eigenvalue weighted by molar-refractivity contribution is 0.969. The fourth-order valence-electron chi connectivity index (χ4n) is 0.965. The topological polar surface area (TPSA) is 80.5 Å². The van der Waals surface area contributed by atoms with E-state index in [4.69, 9.17) is 5.73 Å². The summed E-state index contributed by atoms with van der Waals surface area (Å²) in [6.07, 6.45) is 1.66. The van der Waals surface area contributed by atoms with E-state index in [2.05, 4.69) is 20.2 Å². The highest BCUT2D eigenvalue weighted by atomic mass is 32.2. The summed E-state index contributed by atoms with van der Waals surface area (Å²) >= 11 is 1.45. The van der Waals surface area contributed by atoms with Crippen molar-refractivity contribution in [2.45, 2.75) is 17.0 Å². The highest BCUT2D eigenvalue weighted by Crippen LogP contribution is 2.24. The van der Waals surface area contributed by atoms with Crippen LogP contribution < -0.4 is 5.73 Å². The van der Waals surface area contributed by atoms with Gasteiger partial charge in [-0.05, 0) is 30.8 Å². The van der Waals surface area contributed by atoms with E-state index in [1.54, 1.807) is 12.3 Å². The molecule has 0 fully saturated rings. The summed E-state index contributed by atoms with van der Waals surface area (Å²) in [6.45, 7) is 1.86. The van der Waals surface area contributed by atoms with Crippen molar-refractivity contribution in [3.63, 3.8) is 0 Å². The maximum absolute atomic E-state index is 5.54. The Morgan fingerprint density at radius 2 is 2.36 bits per heavy atom. The summed E-state index contributed by atoms with van der Waals surface area (Å²) in [5.41, 5.74) is 5.54. The number of nitrogens with one attached hydrogen (secondary N) is 1. The summed E-state index contributed by atoms with van der Waals surface area (Å²) in [5.74, 6) is 1.30. The molecular weight excluding hydrogens is 198 g/mol. The zero-order chi connectivity index (χ0) is 9.97. The molecule has 2 aromatic heterocycles. The van der Waals surface area contributed by atoms with Gasteiger partial charge in [0.25, 0.3) is 0 Å². The molecule has 0 saturated carbocycles. The third kappa shape index (κ3) is 2.02. The molecule has 0 radical (unpaired) electrons. The van der Waals surface area contributed by atoms with Gasteiger partial charge in [-0.3, -0.25) is 5.10 Å². The zero-order valence-electron chi connectivity index (χ0n) is 7.56. The van der Waals surface area contributed by atoms with E-state index in [1.807, 2.05) is 13.0 Å². The van der Waals surface area contributed by atoms with Crippen LogP contribution in [0.15, 0.2) is 28.4 Å². The van der Waals surface area contributed by atoms with Gasteiger partial charge in [0.2, 0.25) is 5.16 Å². The first kappa shape index (κ1) is 9.01. The van der Waals surface area contributed by atoms with Crippen LogP contribution in [0.25, 0.3) is 0 Å². The Kier molecular flexibility index (Phi) is 2.36. The van der Waals surface area contributed by atoms with E-state index < -0.39 is 0 Å². The highest BCUT2D eigenvalue weighted by molar-refractivity contribution is 7.99. The van der Waals surface area contributed by atoms with E-state index >= 15 is 0 Å². The zero-order valence-corrected chi connectivity index (χ0v) is 8.38. The molecule has 2 heterocycles.